The quantitative estimate of drug-likeness (QED) is 0.775. The van der Waals surface area contributed by atoms with Gasteiger partial charge in [-0.25, -0.2) is 4.39 Å². The molecule has 104 valence electrons. The maximum atomic E-state index is 13.1. The van der Waals surface area contributed by atoms with Crippen molar-refractivity contribution in [2.24, 2.45) is 17.6 Å². The van der Waals surface area contributed by atoms with Gasteiger partial charge in [0.25, 0.3) is 5.91 Å². The second-order valence-corrected chi connectivity index (χ2v) is 5.06. The fourth-order valence-corrected chi connectivity index (χ4v) is 2.70. The summed E-state index contributed by atoms with van der Waals surface area (Å²) < 4.78 is 13.1. The highest BCUT2D eigenvalue weighted by Gasteiger charge is 2.26. The third-order valence-electron chi connectivity index (χ3n) is 3.85. The van der Waals surface area contributed by atoms with Crippen molar-refractivity contribution in [3.8, 4) is 5.75 Å². The van der Waals surface area contributed by atoms with Gasteiger partial charge in [0, 0.05) is 6.54 Å². The Morgan fingerprint density at radius 1 is 1.42 bits per heavy atom. The number of amides is 1. The first-order valence-corrected chi connectivity index (χ1v) is 6.58. The van der Waals surface area contributed by atoms with Gasteiger partial charge in [-0.3, -0.25) is 4.79 Å². The van der Waals surface area contributed by atoms with E-state index < -0.39 is 11.7 Å². The molecule has 1 aliphatic carbocycles. The van der Waals surface area contributed by atoms with Crippen LogP contribution in [0.15, 0.2) is 18.2 Å². The van der Waals surface area contributed by atoms with Gasteiger partial charge in [-0.2, -0.15) is 0 Å². The van der Waals surface area contributed by atoms with E-state index in [9.17, 15) is 14.3 Å². The maximum Gasteiger partial charge on any atom is 0.255 e. The smallest absolute Gasteiger partial charge is 0.255 e. The van der Waals surface area contributed by atoms with Gasteiger partial charge in [-0.15, -0.1) is 0 Å². The summed E-state index contributed by atoms with van der Waals surface area (Å²) in [6, 6.07) is 3.34. The lowest BCUT2D eigenvalue weighted by molar-refractivity contribution is 0.0941. The van der Waals surface area contributed by atoms with Gasteiger partial charge in [0.15, 0.2) is 0 Å². The van der Waals surface area contributed by atoms with Crippen LogP contribution in [-0.4, -0.2) is 24.1 Å². The third kappa shape index (κ3) is 3.23. The second kappa shape index (κ2) is 6.02. The van der Waals surface area contributed by atoms with Gasteiger partial charge in [0.2, 0.25) is 0 Å². The van der Waals surface area contributed by atoms with E-state index in [0.717, 1.165) is 31.4 Å². The van der Waals surface area contributed by atoms with Crippen LogP contribution in [0, 0.1) is 17.7 Å². The van der Waals surface area contributed by atoms with Crippen LogP contribution in [0.5, 0.6) is 5.75 Å². The molecule has 0 spiro atoms. The Bertz CT molecular complexity index is 465. The largest absolute Gasteiger partial charge is 0.507 e. The molecule has 1 aliphatic rings. The molecule has 1 amide bonds. The number of halogens is 1. The molecule has 5 heteroatoms. The number of phenolic OH excluding ortho intramolecular Hbond substituents is 1. The number of carbonyl (C=O) groups excluding carboxylic acids is 1. The number of phenols is 1. The van der Waals surface area contributed by atoms with Crippen LogP contribution in [0.1, 0.15) is 29.6 Å². The minimum Gasteiger partial charge on any atom is -0.507 e. The van der Waals surface area contributed by atoms with Crippen LogP contribution in [0.2, 0.25) is 0 Å². The molecule has 0 bridgehead atoms. The molecule has 1 saturated carbocycles. The molecule has 1 aromatic rings. The minimum atomic E-state index is -0.538. The molecule has 1 aromatic carbocycles. The van der Waals surface area contributed by atoms with Crippen molar-refractivity contribution in [1.29, 1.82) is 0 Å². The summed E-state index contributed by atoms with van der Waals surface area (Å²) in [5.74, 6) is -0.366. The van der Waals surface area contributed by atoms with E-state index >= 15 is 0 Å². The molecule has 2 atom stereocenters. The number of nitrogens with two attached hydrogens (primary N) is 1. The lowest BCUT2D eigenvalue weighted by Crippen LogP contribution is -2.32. The fourth-order valence-electron chi connectivity index (χ4n) is 2.70. The van der Waals surface area contributed by atoms with Crippen LogP contribution < -0.4 is 11.1 Å². The fraction of sp³-hybridized carbons (Fsp3) is 0.500. The zero-order valence-electron chi connectivity index (χ0n) is 10.7. The lowest BCUT2D eigenvalue weighted by Gasteiger charge is -2.18. The lowest BCUT2D eigenvalue weighted by atomic mass is 9.96. The number of aromatic hydroxyl groups is 1. The van der Waals surface area contributed by atoms with Gasteiger partial charge in [0.1, 0.15) is 11.6 Å². The first-order chi connectivity index (χ1) is 9.11. The molecule has 4 nitrogen and oxygen atoms in total. The van der Waals surface area contributed by atoms with Gasteiger partial charge in [0.05, 0.1) is 5.56 Å². The van der Waals surface area contributed by atoms with Crippen LogP contribution >= 0.6 is 0 Å². The zero-order chi connectivity index (χ0) is 13.8. The number of carbonyl (C=O) groups is 1. The Morgan fingerprint density at radius 2 is 2.16 bits per heavy atom. The predicted octanol–water partition coefficient (Wildman–Crippen LogP) is 1.64. The average molecular weight is 266 g/mol. The second-order valence-electron chi connectivity index (χ2n) is 5.06. The van der Waals surface area contributed by atoms with Crippen LogP contribution in [0.25, 0.3) is 0 Å². The highest BCUT2D eigenvalue weighted by molar-refractivity contribution is 5.96. The molecule has 19 heavy (non-hydrogen) atoms. The Labute approximate surface area is 111 Å². The maximum absolute atomic E-state index is 13.1. The molecular weight excluding hydrogens is 247 g/mol. The summed E-state index contributed by atoms with van der Waals surface area (Å²) in [5.41, 5.74) is 5.66. The van der Waals surface area contributed by atoms with E-state index in [1.807, 2.05) is 0 Å². The summed E-state index contributed by atoms with van der Waals surface area (Å²) in [6.07, 6.45) is 3.28. The molecule has 4 N–H and O–H groups in total. The van der Waals surface area contributed by atoms with E-state index in [1.165, 1.54) is 6.07 Å². The van der Waals surface area contributed by atoms with Crippen LogP contribution in [-0.2, 0) is 0 Å². The van der Waals surface area contributed by atoms with Gasteiger partial charge in [-0.1, -0.05) is 6.42 Å². The monoisotopic (exact) mass is 266 g/mol. The minimum absolute atomic E-state index is 0.0257. The average Bonchev–Trinajstić information content (AvgIpc) is 2.86. The highest BCUT2D eigenvalue weighted by Crippen LogP contribution is 2.30. The van der Waals surface area contributed by atoms with Crippen molar-refractivity contribution >= 4 is 5.91 Å². The molecule has 0 heterocycles. The van der Waals surface area contributed by atoms with Gasteiger partial charge >= 0.3 is 0 Å². The zero-order valence-corrected chi connectivity index (χ0v) is 10.7. The highest BCUT2D eigenvalue weighted by atomic mass is 19.1. The van der Waals surface area contributed by atoms with Crippen molar-refractivity contribution < 1.29 is 14.3 Å². The SMILES string of the molecule is NCC1CCCC1CNC(=O)c1cc(F)ccc1O. The third-order valence-corrected chi connectivity index (χ3v) is 3.85. The van der Waals surface area contributed by atoms with E-state index in [-0.39, 0.29) is 11.3 Å². The number of nitrogens with one attached hydrogen (secondary N) is 1. The first-order valence-electron chi connectivity index (χ1n) is 6.58. The molecule has 2 unspecified atom stereocenters. The van der Waals surface area contributed by atoms with Crippen molar-refractivity contribution in [1.82, 2.24) is 5.32 Å². The van der Waals surface area contributed by atoms with Gasteiger partial charge in [-0.05, 0) is 49.4 Å². The topological polar surface area (TPSA) is 75.3 Å². The van der Waals surface area contributed by atoms with Crippen molar-refractivity contribution in [3.63, 3.8) is 0 Å². The Hall–Kier alpha value is -1.62. The summed E-state index contributed by atoms with van der Waals surface area (Å²) in [5, 5.41) is 12.3. The number of hydrogen-bond acceptors (Lipinski definition) is 3. The van der Waals surface area contributed by atoms with Crippen LogP contribution in [0.4, 0.5) is 4.39 Å². The first kappa shape index (κ1) is 13.8. The summed E-state index contributed by atoms with van der Waals surface area (Å²) >= 11 is 0. The molecule has 1 fully saturated rings. The summed E-state index contributed by atoms with van der Waals surface area (Å²) in [6.45, 7) is 1.16. The summed E-state index contributed by atoms with van der Waals surface area (Å²) in [7, 11) is 0. The Balaban J connectivity index is 1.96. The van der Waals surface area contributed by atoms with Gasteiger partial charge < -0.3 is 16.2 Å². The van der Waals surface area contributed by atoms with E-state index in [4.69, 9.17) is 5.73 Å². The van der Waals surface area contributed by atoms with E-state index in [0.29, 0.717) is 24.9 Å². The Kier molecular flexibility index (Phi) is 4.37. The number of hydrogen-bond donors (Lipinski definition) is 3. The molecular formula is C14H19FN2O2. The van der Waals surface area contributed by atoms with Crippen molar-refractivity contribution in [2.45, 2.75) is 19.3 Å². The summed E-state index contributed by atoms with van der Waals surface area (Å²) in [4.78, 5) is 11.9. The number of rotatable bonds is 4. The van der Waals surface area contributed by atoms with E-state index in [2.05, 4.69) is 5.32 Å². The van der Waals surface area contributed by atoms with E-state index in [1.54, 1.807) is 0 Å². The van der Waals surface area contributed by atoms with Crippen molar-refractivity contribution in [3.05, 3.63) is 29.6 Å². The molecule has 0 radical (unpaired) electrons. The number of benzene rings is 1. The standard InChI is InChI=1S/C14H19FN2O2/c15-11-4-5-13(18)12(6-11)14(19)17-8-10-3-1-2-9(10)7-16/h4-6,9-10,18H,1-3,7-8,16H2,(H,17,19). The molecule has 0 aromatic heterocycles. The molecule has 0 saturated heterocycles. The molecule has 2 rings (SSSR count). The Morgan fingerprint density at radius 3 is 2.89 bits per heavy atom. The molecule has 0 aliphatic heterocycles. The van der Waals surface area contributed by atoms with Crippen LogP contribution in [0.3, 0.4) is 0 Å². The predicted molar refractivity (Wildman–Crippen MR) is 70.3 cm³/mol. The normalized spacial score (nSPS) is 22.4. The van der Waals surface area contributed by atoms with Crippen molar-refractivity contribution in [2.75, 3.05) is 13.1 Å².